The van der Waals surface area contributed by atoms with Crippen LogP contribution in [0.5, 0.6) is 0 Å². The van der Waals surface area contributed by atoms with Gasteiger partial charge in [-0.1, -0.05) is 35.3 Å². The minimum Gasteiger partial charge on any atom is -0.382 e. The standard InChI is InChI=1S/C24H19Cl2N3O2/c1-31-15-22-23(17-4-2-3-16(13-17)14-27)29(21-11-7-19(26)8-12-21)24(30)28(22)20-9-5-18(25)6-10-20/h2-13,22-23H,15H2,1H3. The van der Waals surface area contributed by atoms with E-state index in [1.54, 1.807) is 47.2 Å². The van der Waals surface area contributed by atoms with Crippen molar-refractivity contribution in [2.24, 2.45) is 0 Å². The van der Waals surface area contributed by atoms with Crippen LogP contribution in [-0.2, 0) is 4.74 Å². The third-order valence-electron chi connectivity index (χ3n) is 5.29. The number of benzene rings is 3. The predicted molar refractivity (Wildman–Crippen MR) is 123 cm³/mol. The van der Waals surface area contributed by atoms with Crippen LogP contribution >= 0.6 is 23.2 Å². The summed E-state index contributed by atoms with van der Waals surface area (Å²) in [5.41, 5.74) is 2.80. The molecule has 1 fully saturated rings. The molecule has 0 saturated carbocycles. The Hall–Kier alpha value is -3.04. The van der Waals surface area contributed by atoms with Gasteiger partial charge in [0.1, 0.15) is 0 Å². The van der Waals surface area contributed by atoms with Crippen molar-refractivity contribution in [2.75, 3.05) is 23.5 Å². The van der Waals surface area contributed by atoms with E-state index in [0.29, 0.717) is 33.6 Å². The van der Waals surface area contributed by atoms with Crippen LogP contribution in [0.4, 0.5) is 16.2 Å². The van der Waals surface area contributed by atoms with Gasteiger partial charge in [0, 0.05) is 28.5 Å². The van der Waals surface area contributed by atoms with Crippen molar-refractivity contribution in [3.8, 4) is 6.07 Å². The molecule has 156 valence electrons. The highest BCUT2D eigenvalue weighted by Crippen LogP contribution is 2.42. The van der Waals surface area contributed by atoms with Crippen LogP contribution in [-0.4, -0.2) is 25.8 Å². The molecule has 1 aliphatic heterocycles. The number of amides is 2. The van der Waals surface area contributed by atoms with Crippen LogP contribution in [0.3, 0.4) is 0 Å². The summed E-state index contributed by atoms with van der Waals surface area (Å²) in [6.45, 7) is 0.305. The van der Waals surface area contributed by atoms with E-state index in [1.807, 2.05) is 42.5 Å². The molecular formula is C24H19Cl2N3O2. The van der Waals surface area contributed by atoms with E-state index >= 15 is 0 Å². The number of nitrogens with zero attached hydrogens (tertiary/aromatic N) is 3. The molecule has 1 saturated heterocycles. The zero-order valence-electron chi connectivity index (χ0n) is 16.7. The fraction of sp³-hybridized carbons (Fsp3) is 0.167. The zero-order valence-corrected chi connectivity index (χ0v) is 18.2. The molecular weight excluding hydrogens is 433 g/mol. The first kappa shape index (κ1) is 21.2. The molecule has 0 spiro atoms. The first-order valence-electron chi connectivity index (χ1n) is 9.66. The van der Waals surface area contributed by atoms with Gasteiger partial charge in [-0.2, -0.15) is 5.26 Å². The van der Waals surface area contributed by atoms with Gasteiger partial charge in [-0.3, -0.25) is 9.80 Å². The number of rotatable bonds is 5. The molecule has 31 heavy (non-hydrogen) atoms. The average molecular weight is 452 g/mol. The third kappa shape index (κ3) is 4.11. The number of carbonyl (C=O) groups is 1. The smallest absolute Gasteiger partial charge is 0.330 e. The number of urea groups is 1. The highest BCUT2D eigenvalue weighted by atomic mass is 35.5. The molecule has 2 amide bonds. The van der Waals surface area contributed by atoms with Gasteiger partial charge < -0.3 is 4.74 Å². The predicted octanol–water partition coefficient (Wildman–Crippen LogP) is 6.07. The number of methoxy groups -OCH3 is 1. The topological polar surface area (TPSA) is 56.6 Å². The monoisotopic (exact) mass is 451 g/mol. The minimum atomic E-state index is -0.377. The summed E-state index contributed by atoms with van der Waals surface area (Å²) < 4.78 is 5.53. The summed E-state index contributed by atoms with van der Waals surface area (Å²) in [6.07, 6.45) is 0. The maximum Gasteiger partial charge on any atom is 0.330 e. The van der Waals surface area contributed by atoms with E-state index in [0.717, 1.165) is 5.56 Å². The fourth-order valence-electron chi connectivity index (χ4n) is 3.97. The van der Waals surface area contributed by atoms with Crippen molar-refractivity contribution in [1.29, 1.82) is 5.26 Å². The Morgan fingerprint density at radius 3 is 2.06 bits per heavy atom. The summed E-state index contributed by atoms with van der Waals surface area (Å²) in [6, 6.07) is 22.9. The molecule has 3 aromatic rings. The van der Waals surface area contributed by atoms with E-state index in [-0.39, 0.29) is 18.1 Å². The van der Waals surface area contributed by atoms with Crippen LogP contribution in [0.2, 0.25) is 10.0 Å². The third-order valence-corrected chi connectivity index (χ3v) is 5.79. The normalized spacial score (nSPS) is 18.3. The number of hydrogen-bond acceptors (Lipinski definition) is 3. The summed E-state index contributed by atoms with van der Waals surface area (Å²) in [7, 11) is 1.61. The number of hydrogen-bond donors (Lipinski definition) is 0. The van der Waals surface area contributed by atoms with Gasteiger partial charge in [0.05, 0.1) is 30.3 Å². The average Bonchev–Trinajstić information content (AvgIpc) is 3.07. The Morgan fingerprint density at radius 2 is 1.52 bits per heavy atom. The first-order chi connectivity index (χ1) is 15.0. The van der Waals surface area contributed by atoms with Crippen molar-refractivity contribution in [1.82, 2.24) is 0 Å². The van der Waals surface area contributed by atoms with E-state index in [4.69, 9.17) is 27.9 Å². The highest BCUT2D eigenvalue weighted by molar-refractivity contribution is 6.31. The lowest BCUT2D eigenvalue weighted by molar-refractivity contribution is 0.175. The molecule has 7 heteroatoms. The van der Waals surface area contributed by atoms with Gasteiger partial charge in [0.2, 0.25) is 0 Å². The van der Waals surface area contributed by atoms with Crippen LogP contribution < -0.4 is 9.80 Å². The molecule has 5 nitrogen and oxygen atoms in total. The molecule has 0 bridgehead atoms. The summed E-state index contributed by atoms with van der Waals surface area (Å²) >= 11 is 12.2. The van der Waals surface area contributed by atoms with E-state index < -0.39 is 0 Å². The Balaban J connectivity index is 1.89. The Morgan fingerprint density at radius 1 is 0.935 bits per heavy atom. The SMILES string of the molecule is COCC1C(c2cccc(C#N)c2)N(c2ccc(Cl)cc2)C(=O)N1c1ccc(Cl)cc1. The van der Waals surface area contributed by atoms with Crippen molar-refractivity contribution >= 4 is 40.6 Å². The largest absolute Gasteiger partial charge is 0.382 e. The van der Waals surface area contributed by atoms with Crippen molar-refractivity contribution in [2.45, 2.75) is 12.1 Å². The van der Waals surface area contributed by atoms with Gasteiger partial charge in [-0.05, 0) is 66.2 Å². The Kier molecular flexibility index (Phi) is 6.15. The van der Waals surface area contributed by atoms with Crippen molar-refractivity contribution in [3.05, 3.63) is 94.0 Å². The second kappa shape index (κ2) is 8.99. The molecule has 0 N–H and O–H groups in total. The highest BCUT2D eigenvalue weighted by Gasteiger charge is 2.48. The first-order valence-corrected chi connectivity index (χ1v) is 10.4. The summed E-state index contributed by atoms with van der Waals surface area (Å²) in [5.74, 6) is 0. The lowest BCUT2D eigenvalue weighted by Gasteiger charge is -2.28. The van der Waals surface area contributed by atoms with Gasteiger partial charge in [0.25, 0.3) is 0 Å². The lowest BCUT2D eigenvalue weighted by atomic mass is 9.97. The number of halogens is 2. The molecule has 3 aromatic carbocycles. The van der Waals surface area contributed by atoms with E-state index in [9.17, 15) is 10.1 Å². The van der Waals surface area contributed by atoms with Crippen LogP contribution in [0, 0.1) is 11.3 Å². The van der Waals surface area contributed by atoms with Crippen LogP contribution in [0.25, 0.3) is 0 Å². The zero-order chi connectivity index (χ0) is 22.0. The second-order valence-electron chi connectivity index (χ2n) is 7.18. The van der Waals surface area contributed by atoms with E-state index in [2.05, 4.69) is 6.07 Å². The number of nitriles is 1. The molecule has 1 heterocycles. The summed E-state index contributed by atoms with van der Waals surface area (Å²) in [5, 5.41) is 10.6. The Labute approximate surface area is 191 Å². The number of carbonyl (C=O) groups excluding carboxylic acids is 1. The molecule has 0 radical (unpaired) electrons. The van der Waals surface area contributed by atoms with E-state index in [1.165, 1.54) is 0 Å². The van der Waals surface area contributed by atoms with Crippen LogP contribution in [0.1, 0.15) is 17.2 Å². The van der Waals surface area contributed by atoms with Crippen LogP contribution in [0.15, 0.2) is 72.8 Å². The van der Waals surface area contributed by atoms with Gasteiger partial charge in [0.15, 0.2) is 0 Å². The quantitative estimate of drug-likeness (QED) is 0.472. The molecule has 0 aromatic heterocycles. The summed E-state index contributed by atoms with van der Waals surface area (Å²) in [4.78, 5) is 17.2. The second-order valence-corrected chi connectivity index (χ2v) is 8.05. The maximum atomic E-state index is 13.8. The van der Waals surface area contributed by atoms with Crippen molar-refractivity contribution in [3.63, 3.8) is 0 Å². The fourth-order valence-corrected chi connectivity index (χ4v) is 4.22. The van der Waals surface area contributed by atoms with Crippen molar-refractivity contribution < 1.29 is 9.53 Å². The van der Waals surface area contributed by atoms with Gasteiger partial charge in [-0.15, -0.1) is 0 Å². The minimum absolute atomic E-state index is 0.195. The van der Waals surface area contributed by atoms with Gasteiger partial charge in [-0.25, -0.2) is 4.79 Å². The molecule has 2 atom stereocenters. The van der Waals surface area contributed by atoms with Gasteiger partial charge >= 0.3 is 6.03 Å². The molecule has 1 aliphatic rings. The number of anilines is 2. The lowest BCUT2D eigenvalue weighted by Crippen LogP contribution is -2.37. The number of ether oxygens (including phenoxy) is 1. The molecule has 0 aliphatic carbocycles. The maximum absolute atomic E-state index is 13.8. The molecule has 2 unspecified atom stereocenters. The molecule has 4 rings (SSSR count). The Bertz CT molecular complexity index is 1130.